The molecular formula is C19H22N3O3+. The summed E-state index contributed by atoms with van der Waals surface area (Å²) < 4.78 is 11.0. The third kappa shape index (κ3) is 2.93. The van der Waals surface area contributed by atoms with Crippen molar-refractivity contribution in [2.24, 2.45) is 0 Å². The number of aromatic nitrogens is 1. The average molecular weight is 340 g/mol. The highest BCUT2D eigenvalue weighted by molar-refractivity contribution is 5.98. The maximum absolute atomic E-state index is 12.7. The molecule has 0 bridgehead atoms. The maximum Gasteiger partial charge on any atom is 0.290 e. The average Bonchev–Trinajstić information content (AvgIpc) is 3.07. The molecule has 0 aliphatic carbocycles. The van der Waals surface area contributed by atoms with Crippen molar-refractivity contribution in [3.8, 4) is 5.75 Å². The number of amides is 1. The standard InChI is InChI=1S/C19H21N3O3/c1-3-21-6-8-22(9-7-21)19(23)17-11-14-10-13-4-5-15(24-2)12-16(13)20-18(14)25-17/h4-5,10-12H,3,6-9H2,1-2H3/p+1. The van der Waals surface area contributed by atoms with Crippen LogP contribution in [0.15, 0.2) is 34.7 Å². The van der Waals surface area contributed by atoms with Crippen LogP contribution in [-0.2, 0) is 0 Å². The number of carbonyl (C=O) groups is 1. The van der Waals surface area contributed by atoms with Gasteiger partial charge in [-0.15, -0.1) is 0 Å². The number of furan rings is 1. The maximum atomic E-state index is 12.7. The van der Waals surface area contributed by atoms with Gasteiger partial charge in [-0.25, -0.2) is 4.98 Å². The van der Waals surface area contributed by atoms with Gasteiger partial charge in [0, 0.05) is 16.8 Å². The number of likely N-dealkylation sites (N-methyl/N-ethyl adjacent to an activating group) is 1. The second-order valence-electron chi connectivity index (χ2n) is 6.45. The largest absolute Gasteiger partial charge is 0.497 e. The molecule has 0 atom stereocenters. The van der Waals surface area contributed by atoms with Crippen LogP contribution >= 0.6 is 0 Å². The SMILES string of the molecule is CC[NH+]1CCN(C(=O)c2cc3cc4ccc(OC)cc4nc3o2)CC1. The smallest absolute Gasteiger partial charge is 0.290 e. The lowest BCUT2D eigenvalue weighted by Gasteiger charge is -2.30. The summed E-state index contributed by atoms with van der Waals surface area (Å²) in [5, 5.41) is 1.84. The van der Waals surface area contributed by atoms with Crippen molar-refractivity contribution in [2.75, 3.05) is 39.8 Å². The van der Waals surface area contributed by atoms with E-state index in [9.17, 15) is 4.79 Å². The van der Waals surface area contributed by atoms with E-state index in [4.69, 9.17) is 9.15 Å². The van der Waals surface area contributed by atoms with Crippen LogP contribution in [0.3, 0.4) is 0 Å². The first kappa shape index (κ1) is 15.9. The normalized spacial score (nSPS) is 15.8. The highest BCUT2D eigenvalue weighted by atomic mass is 16.5. The number of pyridine rings is 1. The first-order valence-electron chi connectivity index (χ1n) is 8.69. The van der Waals surface area contributed by atoms with Crippen molar-refractivity contribution in [1.29, 1.82) is 0 Å². The highest BCUT2D eigenvalue weighted by Gasteiger charge is 2.26. The fourth-order valence-corrected chi connectivity index (χ4v) is 3.37. The van der Waals surface area contributed by atoms with E-state index in [0.717, 1.165) is 54.8 Å². The minimum atomic E-state index is -0.0465. The van der Waals surface area contributed by atoms with Crippen molar-refractivity contribution >= 4 is 27.9 Å². The number of quaternary nitrogens is 1. The number of hydrogen-bond acceptors (Lipinski definition) is 4. The number of nitrogens with one attached hydrogen (secondary N) is 1. The zero-order valence-corrected chi connectivity index (χ0v) is 14.5. The predicted molar refractivity (Wildman–Crippen MR) is 95.2 cm³/mol. The Morgan fingerprint density at radius 1 is 1.24 bits per heavy atom. The third-order valence-electron chi connectivity index (χ3n) is 4.98. The summed E-state index contributed by atoms with van der Waals surface area (Å²) >= 11 is 0. The molecular weight excluding hydrogens is 318 g/mol. The number of benzene rings is 1. The van der Waals surface area contributed by atoms with Crippen LogP contribution < -0.4 is 9.64 Å². The highest BCUT2D eigenvalue weighted by Crippen LogP contribution is 2.26. The van der Waals surface area contributed by atoms with Crippen LogP contribution in [0.1, 0.15) is 17.5 Å². The zero-order valence-electron chi connectivity index (χ0n) is 14.5. The lowest BCUT2D eigenvalue weighted by Crippen LogP contribution is -3.14. The minimum Gasteiger partial charge on any atom is -0.497 e. The molecule has 1 aliphatic heterocycles. The van der Waals surface area contributed by atoms with Crippen molar-refractivity contribution in [2.45, 2.75) is 6.92 Å². The Morgan fingerprint density at radius 2 is 2.04 bits per heavy atom. The Balaban J connectivity index is 1.64. The molecule has 0 spiro atoms. The second-order valence-corrected chi connectivity index (χ2v) is 6.45. The van der Waals surface area contributed by atoms with Gasteiger partial charge in [0.1, 0.15) is 5.75 Å². The molecule has 4 rings (SSSR count). The number of ether oxygens (including phenoxy) is 1. The van der Waals surface area contributed by atoms with E-state index in [2.05, 4.69) is 11.9 Å². The fraction of sp³-hybridized carbons (Fsp3) is 0.368. The van der Waals surface area contributed by atoms with Crippen LogP contribution in [0, 0.1) is 0 Å². The molecule has 1 N–H and O–H groups in total. The molecule has 1 aliphatic rings. The van der Waals surface area contributed by atoms with Gasteiger partial charge in [0.15, 0.2) is 5.76 Å². The molecule has 0 saturated carbocycles. The summed E-state index contributed by atoms with van der Waals surface area (Å²) in [7, 11) is 1.63. The number of carbonyl (C=O) groups excluding carboxylic acids is 1. The van der Waals surface area contributed by atoms with Crippen LogP contribution in [0.2, 0.25) is 0 Å². The predicted octanol–water partition coefficient (Wildman–Crippen LogP) is 1.35. The van der Waals surface area contributed by atoms with Gasteiger partial charge in [0.25, 0.3) is 5.91 Å². The molecule has 3 aromatic rings. The van der Waals surface area contributed by atoms with E-state index in [-0.39, 0.29) is 5.91 Å². The van der Waals surface area contributed by atoms with Gasteiger partial charge in [-0.05, 0) is 31.2 Å². The van der Waals surface area contributed by atoms with Gasteiger partial charge >= 0.3 is 0 Å². The molecule has 1 amide bonds. The summed E-state index contributed by atoms with van der Waals surface area (Å²) in [5.74, 6) is 1.07. The molecule has 1 aromatic carbocycles. The van der Waals surface area contributed by atoms with Crippen LogP contribution in [-0.4, -0.2) is 55.6 Å². The monoisotopic (exact) mass is 340 g/mol. The Bertz CT molecular complexity index is 926. The second kappa shape index (κ2) is 6.37. The summed E-state index contributed by atoms with van der Waals surface area (Å²) in [4.78, 5) is 20.7. The molecule has 6 nitrogen and oxygen atoms in total. The molecule has 3 heterocycles. The van der Waals surface area contributed by atoms with E-state index in [0.29, 0.717) is 11.5 Å². The number of rotatable bonds is 3. The van der Waals surface area contributed by atoms with E-state index < -0.39 is 0 Å². The lowest BCUT2D eigenvalue weighted by molar-refractivity contribution is -0.902. The molecule has 6 heteroatoms. The van der Waals surface area contributed by atoms with Crippen molar-refractivity contribution in [1.82, 2.24) is 9.88 Å². The van der Waals surface area contributed by atoms with Crippen molar-refractivity contribution < 1.29 is 18.8 Å². The molecule has 0 radical (unpaired) electrons. The van der Waals surface area contributed by atoms with E-state index >= 15 is 0 Å². The number of fused-ring (bicyclic) bond motifs is 2. The number of hydrogen-bond donors (Lipinski definition) is 1. The van der Waals surface area contributed by atoms with Gasteiger partial charge in [0.05, 0.1) is 45.4 Å². The van der Waals surface area contributed by atoms with Gasteiger partial charge in [-0.1, -0.05) is 0 Å². The quantitative estimate of drug-likeness (QED) is 0.782. The first-order valence-corrected chi connectivity index (χ1v) is 8.69. The molecule has 1 fully saturated rings. The fourth-order valence-electron chi connectivity index (χ4n) is 3.37. The minimum absolute atomic E-state index is 0.0465. The number of methoxy groups -OCH3 is 1. The van der Waals surface area contributed by atoms with Crippen molar-refractivity contribution in [3.05, 3.63) is 36.1 Å². The van der Waals surface area contributed by atoms with Gasteiger partial charge in [-0.3, -0.25) is 4.79 Å². The van der Waals surface area contributed by atoms with Crippen LogP contribution in [0.4, 0.5) is 0 Å². The van der Waals surface area contributed by atoms with Crippen molar-refractivity contribution in [3.63, 3.8) is 0 Å². The van der Waals surface area contributed by atoms with E-state index in [1.165, 1.54) is 4.90 Å². The topological polar surface area (TPSA) is 60.0 Å². The summed E-state index contributed by atoms with van der Waals surface area (Å²) in [6.07, 6.45) is 0. The molecule has 0 unspecified atom stereocenters. The summed E-state index contributed by atoms with van der Waals surface area (Å²) in [6.45, 7) is 6.80. The van der Waals surface area contributed by atoms with Gasteiger partial charge in [-0.2, -0.15) is 0 Å². The van der Waals surface area contributed by atoms with Gasteiger partial charge in [0.2, 0.25) is 5.71 Å². The molecule has 2 aromatic heterocycles. The number of piperazine rings is 1. The summed E-state index contributed by atoms with van der Waals surface area (Å²) in [5.41, 5.74) is 1.28. The van der Waals surface area contributed by atoms with Gasteiger partial charge < -0.3 is 19.0 Å². The lowest BCUT2D eigenvalue weighted by atomic mass is 10.2. The Hall–Kier alpha value is -2.60. The Kier molecular flexibility index (Phi) is 4.05. The van der Waals surface area contributed by atoms with Crippen LogP contribution in [0.5, 0.6) is 5.75 Å². The van der Waals surface area contributed by atoms with E-state index in [1.54, 1.807) is 13.2 Å². The molecule has 1 saturated heterocycles. The van der Waals surface area contributed by atoms with E-state index in [1.807, 2.05) is 29.2 Å². The third-order valence-corrected chi connectivity index (χ3v) is 4.98. The molecule has 130 valence electrons. The Morgan fingerprint density at radius 3 is 2.76 bits per heavy atom. The number of nitrogens with zero attached hydrogens (tertiary/aromatic N) is 2. The molecule has 25 heavy (non-hydrogen) atoms. The Labute approximate surface area is 146 Å². The zero-order chi connectivity index (χ0) is 17.4. The summed E-state index contributed by atoms with van der Waals surface area (Å²) in [6, 6.07) is 9.52. The van der Waals surface area contributed by atoms with Crippen LogP contribution in [0.25, 0.3) is 22.0 Å². The first-order chi connectivity index (χ1) is 12.2.